The second-order valence-electron chi connectivity index (χ2n) is 8.92. The van der Waals surface area contributed by atoms with Crippen molar-refractivity contribution in [2.24, 2.45) is 7.05 Å². The lowest BCUT2D eigenvalue weighted by Crippen LogP contribution is -2.39. The van der Waals surface area contributed by atoms with Crippen LogP contribution in [0.4, 0.5) is 5.82 Å². The number of hydrogen-bond donors (Lipinski definition) is 2. The number of aryl methyl sites for hydroxylation is 1. The lowest BCUT2D eigenvalue weighted by atomic mass is 9.93. The topological polar surface area (TPSA) is 108 Å². The van der Waals surface area contributed by atoms with Crippen LogP contribution in [0.1, 0.15) is 36.0 Å². The van der Waals surface area contributed by atoms with Crippen LogP contribution < -0.4 is 10.6 Å². The lowest BCUT2D eigenvalue weighted by molar-refractivity contribution is 0.0822. The Hall–Kier alpha value is -3.50. The molecule has 3 aliphatic heterocycles. The minimum absolute atomic E-state index is 0.122. The van der Waals surface area contributed by atoms with E-state index in [4.69, 9.17) is 14.5 Å². The van der Waals surface area contributed by atoms with E-state index in [2.05, 4.69) is 20.7 Å². The maximum atomic E-state index is 12.7. The molecule has 1 saturated carbocycles. The zero-order chi connectivity index (χ0) is 24.4. The van der Waals surface area contributed by atoms with Gasteiger partial charge >= 0.3 is 0 Å². The van der Waals surface area contributed by atoms with Crippen molar-refractivity contribution >= 4 is 17.4 Å². The zero-order valence-electron chi connectivity index (χ0n) is 20.3. The molecule has 0 radical (unpaired) electrons. The highest BCUT2D eigenvalue weighted by molar-refractivity contribution is 6.00. The number of fused-ring (bicyclic) bond motifs is 2. The molecule has 6 rings (SSSR count). The number of anilines is 1. The van der Waals surface area contributed by atoms with E-state index in [9.17, 15) is 4.79 Å². The summed E-state index contributed by atoms with van der Waals surface area (Å²) >= 11 is 0. The normalized spacial score (nSPS) is 17.7. The summed E-state index contributed by atoms with van der Waals surface area (Å²) in [6.07, 6.45) is 10.1. The van der Waals surface area contributed by atoms with Crippen molar-refractivity contribution in [1.29, 1.82) is 0 Å². The van der Waals surface area contributed by atoms with Crippen LogP contribution in [0.15, 0.2) is 36.8 Å². The van der Waals surface area contributed by atoms with Crippen molar-refractivity contribution < 1.29 is 14.3 Å². The van der Waals surface area contributed by atoms with Gasteiger partial charge in [-0.2, -0.15) is 9.61 Å². The quantitative estimate of drug-likeness (QED) is 0.455. The molecule has 2 aromatic rings. The van der Waals surface area contributed by atoms with Gasteiger partial charge in [-0.1, -0.05) is 0 Å². The van der Waals surface area contributed by atoms with Crippen molar-refractivity contribution in [3.63, 3.8) is 0 Å². The predicted octanol–water partition coefficient (Wildman–Crippen LogP) is 2.98. The summed E-state index contributed by atoms with van der Waals surface area (Å²) in [5.41, 5.74) is 3.72. The number of carbonyl (C=O) groups is 1. The Morgan fingerprint density at radius 1 is 1.23 bits per heavy atom. The van der Waals surface area contributed by atoms with Crippen LogP contribution in [0.5, 0.6) is 0 Å². The molecule has 2 N–H and O–H groups in total. The maximum Gasteiger partial charge on any atom is 0.256 e. The molecule has 4 aliphatic rings. The van der Waals surface area contributed by atoms with E-state index in [0.29, 0.717) is 17.3 Å². The molecule has 0 aromatic carbocycles. The summed E-state index contributed by atoms with van der Waals surface area (Å²) in [7, 11) is 5.52. The molecule has 0 spiro atoms. The molecule has 0 bridgehead atoms. The summed E-state index contributed by atoms with van der Waals surface area (Å²) < 4.78 is 13.7. The molecular formula is C25H31N7O3. The summed E-state index contributed by atoms with van der Waals surface area (Å²) in [5, 5.41) is 10.6. The summed E-state index contributed by atoms with van der Waals surface area (Å²) in [6.45, 7) is 1.66. The van der Waals surface area contributed by atoms with Gasteiger partial charge in [-0.15, -0.1) is 0 Å². The average molecular weight is 478 g/mol. The van der Waals surface area contributed by atoms with E-state index in [1.165, 1.54) is 6.42 Å². The van der Waals surface area contributed by atoms with E-state index in [0.717, 1.165) is 60.9 Å². The van der Waals surface area contributed by atoms with E-state index in [1.54, 1.807) is 17.8 Å². The third kappa shape index (κ3) is 4.59. The monoisotopic (exact) mass is 477 g/mol. The molecule has 2 aromatic heterocycles. The van der Waals surface area contributed by atoms with Crippen LogP contribution in [0.2, 0.25) is 0 Å². The number of methoxy groups -OCH3 is 1. The Bertz CT molecular complexity index is 1290. The van der Waals surface area contributed by atoms with Crippen molar-refractivity contribution in [3.8, 4) is 22.6 Å². The van der Waals surface area contributed by atoms with Crippen molar-refractivity contribution in [2.45, 2.75) is 37.8 Å². The molecule has 10 nitrogen and oxygen atoms in total. The number of ether oxygens (including phenoxy) is 2. The Morgan fingerprint density at radius 3 is 2.74 bits per heavy atom. The highest BCUT2D eigenvalue weighted by atomic mass is 16.5. The van der Waals surface area contributed by atoms with E-state index in [-0.39, 0.29) is 11.9 Å². The van der Waals surface area contributed by atoms with Gasteiger partial charge in [0.05, 0.1) is 24.6 Å². The molecule has 10 heteroatoms. The van der Waals surface area contributed by atoms with Gasteiger partial charge in [-0.25, -0.2) is 9.97 Å². The van der Waals surface area contributed by atoms with Crippen molar-refractivity contribution in [2.75, 3.05) is 32.7 Å². The maximum absolute atomic E-state index is 12.7. The highest BCUT2D eigenvalue weighted by Gasteiger charge is 2.24. The number of rotatable bonds is 5. The van der Waals surface area contributed by atoms with Gasteiger partial charge in [-0.05, 0) is 37.8 Å². The fraction of sp³-hybridized carbons (Fsp3) is 0.440. The lowest BCUT2D eigenvalue weighted by Gasteiger charge is -2.26. The first-order chi connectivity index (χ1) is 17.1. The molecule has 1 amide bonds. The van der Waals surface area contributed by atoms with Crippen LogP contribution in [-0.2, 0) is 16.5 Å². The minimum Gasteiger partial charge on any atom is -0.379 e. The van der Waals surface area contributed by atoms with Gasteiger partial charge in [-0.3, -0.25) is 4.79 Å². The Labute approximate surface area is 204 Å². The van der Waals surface area contributed by atoms with Crippen molar-refractivity contribution in [1.82, 2.24) is 29.5 Å². The van der Waals surface area contributed by atoms with E-state index >= 15 is 0 Å². The van der Waals surface area contributed by atoms with E-state index < -0.39 is 0 Å². The minimum atomic E-state index is -0.122. The SMILES string of the molecule is CNc1cc(-c2cnc3n(C)cccc2-3)nc2c(C(=O)NC3CCC3)cnn12.COC1CCOC1. The number of nitrogens with one attached hydrogen (secondary N) is 2. The Morgan fingerprint density at radius 2 is 2.09 bits per heavy atom. The molecular weight excluding hydrogens is 446 g/mol. The van der Waals surface area contributed by atoms with Crippen LogP contribution >= 0.6 is 0 Å². The fourth-order valence-corrected chi connectivity index (χ4v) is 4.33. The van der Waals surface area contributed by atoms with Gasteiger partial charge in [0.1, 0.15) is 17.2 Å². The molecule has 1 aliphatic carbocycles. The van der Waals surface area contributed by atoms with Gasteiger partial charge in [0, 0.05) is 63.4 Å². The van der Waals surface area contributed by atoms with E-state index in [1.807, 2.05) is 49.3 Å². The van der Waals surface area contributed by atoms with Gasteiger partial charge in [0.15, 0.2) is 5.65 Å². The number of nitrogens with zero attached hydrogens (tertiary/aromatic N) is 5. The standard InChI is InChI=1S/C20H21N7O.C5H10O2/c1-21-17-9-16(14-10-22-18-13(14)7-4-8-26(18)2)25-19-15(11-23-27(17)19)20(28)24-12-5-3-6-12;1-6-5-2-3-7-4-5/h4,7-12,21H,3,5-6H2,1-2H3,(H,24,28);5H,2-4H2,1H3. The summed E-state index contributed by atoms with van der Waals surface area (Å²) in [5.74, 6) is 1.53. The first-order valence-corrected chi connectivity index (χ1v) is 12.0. The van der Waals surface area contributed by atoms with Crippen molar-refractivity contribution in [3.05, 3.63) is 42.4 Å². The van der Waals surface area contributed by atoms with Gasteiger partial charge < -0.3 is 24.7 Å². The molecule has 2 fully saturated rings. The molecule has 184 valence electrons. The van der Waals surface area contributed by atoms with Gasteiger partial charge in [0.2, 0.25) is 0 Å². The third-order valence-corrected chi connectivity index (χ3v) is 6.66. The van der Waals surface area contributed by atoms with Crippen LogP contribution in [0.3, 0.4) is 0 Å². The molecule has 1 atom stereocenters. The second-order valence-corrected chi connectivity index (χ2v) is 8.92. The number of pyridine rings is 1. The Balaban J connectivity index is 0.000000313. The number of hydrogen-bond acceptors (Lipinski definition) is 7. The zero-order valence-corrected chi connectivity index (χ0v) is 20.3. The first kappa shape index (κ1) is 23.3. The Kier molecular flexibility index (Phi) is 6.65. The summed E-state index contributed by atoms with van der Waals surface area (Å²) in [4.78, 5) is 22.1. The first-order valence-electron chi connectivity index (χ1n) is 12.0. The fourth-order valence-electron chi connectivity index (χ4n) is 4.33. The third-order valence-electron chi connectivity index (χ3n) is 6.66. The smallest absolute Gasteiger partial charge is 0.256 e. The number of aromatic nitrogens is 5. The molecule has 5 heterocycles. The predicted molar refractivity (Wildman–Crippen MR) is 133 cm³/mol. The highest BCUT2D eigenvalue weighted by Crippen LogP contribution is 2.33. The number of carbonyl (C=O) groups excluding carboxylic acids is 1. The average Bonchev–Trinajstić information content (AvgIpc) is 3.60. The van der Waals surface area contributed by atoms with Crippen LogP contribution in [0.25, 0.3) is 28.3 Å². The molecule has 35 heavy (non-hydrogen) atoms. The molecule has 1 saturated heterocycles. The number of amides is 1. The van der Waals surface area contributed by atoms with Gasteiger partial charge in [0.25, 0.3) is 5.91 Å². The largest absolute Gasteiger partial charge is 0.379 e. The second kappa shape index (κ2) is 10.0. The van der Waals surface area contributed by atoms with Crippen LogP contribution in [-0.4, -0.2) is 69.6 Å². The molecule has 1 unspecified atom stereocenters. The van der Waals surface area contributed by atoms with Crippen LogP contribution in [0, 0.1) is 0 Å². The summed E-state index contributed by atoms with van der Waals surface area (Å²) in [6, 6.07) is 6.21.